The van der Waals surface area contributed by atoms with Crippen LogP contribution in [-0.2, 0) is 9.53 Å². The lowest BCUT2D eigenvalue weighted by Gasteiger charge is -2.18. The molecular weight excluding hydrogens is 178 g/mol. The maximum atomic E-state index is 11.2. The normalized spacial score (nSPS) is 9.86. The fourth-order valence-corrected chi connectivity index (χ4v) is 1.08. The van der Waals surface area contributed by atoms with Crippen LogP contribution in [0.1, 0.15) is 13.3 Å². The molecule has 0 unspecified atom stereocenters. The number of hydrogen-bond acceptors (Lipinski definition) is 3. The second-order valence-electron chi connectivity index (χ2n) is 2.91. The summed E-state index contributed by atoms with van der Waals surface area (Å²) in [6, 6.07) is 0. The molecule has 0 amide bonds. The van der Waals surface area contributed by atoms with Crippen LogP contribution in [0, 0.1) is 0 Å². The summed E-state index contributed by atoms with van der Waals surface area (Å²) < 4.78 is 4.86. The minimum atomic E-state index is -0.182. The summed E-state index contributed by atoms with van der Waals surface area (Å²) >= 11 is 0. The minimum absolute atomic E-state index is 0.182. The Bertz CT molecular complexity index is 190. The summed E-state index contributed by atoms with van der Waals surface area (Å²) in [6.07, 6.45) is 4.48. The first-order valence-electron chi connectivity index (χ1n) is 4.84. The monoisotopic (exact) mass is 197 g/mol. The molecule has 0 aromatic carbocycles. The van der Waals surface area contributed by atoms with E-state index < -0.39 is 0 Å². The van der Waals surface area contributed by atoms with Gasteiger partial charge in [0.25, 0.3) is 0 Å². The summed E-state index contributed by atoms with van der Waals surface area (Å²) in [5.74, 6) is -0.182. The van der Waals surface area contributed by atoms with Gasteiger partial charge in [0.1, 0.15) is 0 Å². The van der Waals surface area contributed by atoms with E-state index in [9.17, 15) is 4.79 Å². The number of ether oxygens (including phenoxy) is 1. The number of carbonyl (C=O) groups is 1. The van der Waals surface area contributed by atoms with Gasteiger partial charge in [-0.05, 0) is 13.3 Å². The smallest absolute Gasteiger partial charge is 0.320 e. The zero-order valence-corrected chi connectivity index (χ0v) is 8.87. The van der Waals surface area contributed by atoms with Crippen LogP contribution < -0.4 is 0 Å². The van der Waals surface area contributed by atoms with Crippen molar-refractivity contribution in [2.75, 3.05) is 26.2 Å². The van der Waals surface area contributed by atoms with Gasteiger partial charge in [0, 0.05) is 13.1 Å². The molecule has 0 radical (unpaired) electrons. The van der Waals surface area contributed by atoms with Crippen LogP contribution in [0.5, 0.6) is 0 Å². The summed E-state index contributed by atoms with van der Waals surface area (Å²) in [4.78, 5) is 13.1. The first kappa shape index (κ1) is 12.9. The van der Waals surface area contributed by atoms with Crippen LogP contribution in [-0.4, -0.2) is 37.1 Å². The van der Waals surface area contributed by atoms with E-state index in [0.717, 1.165) is 13.0 Å². The molecule has 0 aromatic rings. The lowest BCUT2D eigenvalue weighted by Crippen LogP contribution is -2.31. The molecule has 0 aliphatic carbocycles. The zero-order chi connectivity index (χ0) is 10.8. The Hall–Kier alpha value is -1.09. The average molecular weight is 197 g/mol. The third-order valence-electron chi connectivity index (χ3n) is 1.69. The molecule has 3 nitrogen and oxygen atoms in total. The highest BCUT2D eigenvalue weighted by Crippen LogP contribution is 1.94. The van der Waals surface area contributed by atoms with Gasteiger partial charge in [0.15, 0.2) is 0 Å². The molecule has 0 fully saturated rings. The highest BCUT2D eigenvalue weighted by Gasteiger charge is 2.08. The van der Waals surface area contributed by atoms with E-state index >= 15 is 0 Å². The molecule has 3 heteroatoms. The molecule has 0 bridgehead atoms. The van der Waals surface area contributed by atoms with Crippen molar-refractivity contribution >= 4 is 5.97 Å². The lowest BCUT2D eigenvalue weighted by molar-refractivity contribution is -0.144. The molecule has 80 valence electrons. The van der Waals surface area contributed by atoms with Gasteiger partial charge in [-0.3, -0.25) is 9.69 Å². The summed E-state index contributed by atoms with van der Waals surface area (Å²) in [5, 5.41) is 0. The molecule has 0 saturated carbocycles. The van der Waals surface area contributed by atoms with E-state index in [2.05, 4.69) is 13.2 Å². The molecule has 0 N–H and O–H groups in total. The van der Waals surface area contributed by atoms with Crippen molar-refractivity contribution in [3.63, 3.8) is 0 Å². The van der Waals surface area contributed by atoms with Gasteiger partial charge in [0.2, 0.25) is 0 Å². The number of hydrogen-bond donors (Lipinski definition) is 0. The second-order valence-corrected chi connectivity index (χ2v) is 2.91. The van der Waals surface area contributed by atoms with Crippen molar-refractivity contribution in [2.24, 2.45) is 0 Å². The van der Waals surface area contributed by atoms with Crippen LogP contribution >= 0.6 is 0 Å². The van der Waals surface area contributed by atoms with Crippen molar-refractivity contribution in [3.05, 3.63) is 25.3 Å². The predicted molar refractivity (Wildman–Crippen MR) is 58.1 cm³/mol. The van der Waals surface area contributed by atoms with Gasteiger partial charge in [-0.15, -0.1) is 13.2 Å². The first-order valence-corrected chi connectivity index (χ1v) is 4.84. The van der Waals surface area contributed by atoms with Crippen LogP contribution in [0.4, 0.5) is 0 Å². The van der Waals surface area contributed by atoms with Crippen LogP contribution in [0.3, 0.4) is 0 Å². The second kappa shape index (κ2) is 8.51. The fourth-order valence-electron chi connectivity index (χ4n) is 1.08. The quantitative estimate of drug-likeness (QED) is 0.437. The van der Waals surface area contributed by atoms with Crippen molar-refractivity contribution in [3.8, 4) is 0 Å². The molecule has 0 saturated heterocycles. The topological polar surface area (TPSA) is 29.5 Å². The third kappa shape index (κ3) is 6.43. The molecular formula is C11H19NO2. The molecule has 14 heavy (non-hydrogen) atoms. The fraction of sp³-hybridized carbons (Fsp3) is 0.545. The molecule has 0 aromatic heterocycles. The number of rotatable bonds is 8. The highest BCUT2D eigenvalue weighted by molar-refractivity contribution is 5.71. The first-order chi connectivity index (χ1) is 6.74. The SMILES string of the molecule is C=CCCN(CC=C)CC(=O)OCC. The Morgan fingerprint density at radius 3 is 2.64 bits per heavy atom. The Labute approximate surface area is 86.0 Å². The van der Waals surface area contributed by atoms with E-state index in [4.69, 9.17) is 4.74 Å². The molecule has 0 heterocycles. The summed E-state index contributed by atoms with van der Waals surface area (Å²) in [7, 11) is 0. The van der Waals surface area contributed by atoms with E-state index in [1.165, 1.54) is 0 Å². The summed E-state index contributed by atoms with van der Waals surface area (Å²) in [5.41, 5.74) is 0. The van der Waals surface area contributed by atoms with Crippen LogP contribution in [0.15, 0.2) is 25.3 Å². The van der Waals surface area contributed by atoms with Crippen molar-refractivity contribution < 1.29 is 9.53 Å². The third-order valence-corrected chi connectivity index (χ3v) is 1.69. The maximum Gasteiger partial charge on any atom is 0.320 e. The van der Waals surface area contributed by atoms with E-state index in [1.807, 2.05) is 11.0 Å². The van der Waals surface area contributed by atoms with Crippen molar-refractivity contribution in [1.29, 1.82) is 0 Å². The maximum absolute atomic E-state index is 11.2. The number of esters is 1. The van der Waals surface area contributed by atoms with Gasteiger partial charge in [-0.25, -0.2) is 0 Å². The Balaban J connectivity index is 3.87. The van der Waals surface area contributed by atoms with Crippen molar-refractivity contribution in [2.45, 2.75) is 13.3 Å². The molecule has 0 spiro atoms. The van der Waals surface area contributed by atoms with E-state index in [-0.39, 0.29) is 5.97 Å². The standard InChI is InChI=1S/C11H19NO2/c1-4-7-9-12(8-5-2)10-11(13)14-6-3/h4-5H,1-2,6-10H2,3H3. The lowest BCUT2D eigenvalue weighted by atomic mass is 10.3. The van der Waals surface area contributed by atoms with Gasteiger partial charge in [-0.1, -0.05) is 12.2 Å². The van der Waals surface area contributed by atoms with E-state index in [0.29, 0.717) is 19.7 Å². The van der Waals surface area contributed by atoms with Gasteiger partial charge < -0.3 is 4.74 Å². The van der Waals surface area contributed by atoms with E-state index in [1.54, 1.807) is 13.0 Å². The van der Waals surface area contributed by atoms with Gasteiger partial charge in [-0.2, -0.15) is 0 Å². The largest absolute Gasteiger partial charge is 0.465 e. The Kier molecular flexibility index (Phi) is 7.84. The zero-order valence-electron chi connectivity index (χ0n) is 8.87. The number of carbonyl (C=O) groups excluding carboxylic acids is 1. The predicted octanol–water partition coefficient (Wildman–Crippen LogP) is 1.61. The molecule has 0 aliphatic rings. The Morgan fingerprint density at radius 2 is 2.14 bits per heavy atom. The Morgan fingerprint density at radius 1 is 1.43 bits per heavy atom. The molecule has 0 atom stereocenters. The van der Waals surface area contributed by atoms with Gasteiger partial charge in [0.05, 0.1) is 13.2 Å². The minimum Gasteiger partial charge on any atom is -0.465 e. The van der Waals surface area contributed by atoms with Crippen LogP contribution in [0.25, 0.3) is 0 Å². The molecule has 0 aliphatic heterocycles. The molecule has 0 rings (SSSR count). The van der Waals surface area contributed by atoms with Crippen LogP contribution in [0.2, 0.25) is 0 Å². The highest BCUT2D eigenvalue weighted by atomic mass is 16.5. The van der Waals surface area contributed by atoms with Gasteiger partial charge >= 0.3 is 5.97 Å². The summed E-state index contributed by atoms with van der Waals surface area (Å²) in [6.45, 7) is 11.4. The van der Waals surface area contributed by atoms with Crippen molar-refractivity contribution in [1.82, 2.24) is 4.90 Å². The average Bonchev–Trinajstić information content (AvgIpc) is 2.15. The number of nitrogens with zero attached hydrogens (tertiary/aromatic N) is 1.